The molecular formula is C16H14N4O3S. The van der Waals surface area contributed by atoms with Gasteiger partial charge < -0.3 is 15.9 Å². The summed E-state index contributed by atoms with van der Waals surface area (Å²) in [4.78, 5) is 32.2. The van der Waals surface area contributed by atoms with Crippen LogP contribution in [0.4, 0.5) is 0 Å². The maximum atomic E-state index is 11.9. The lowest BCUT2D eigenvalue weighted by Crippen LogP contribution is -2.20. The standard InChI is InChI=1S/C16H14N4O3S/c1-8-7-24-13(20-8)6-10-11(14(17)21)4-9(5-12(10)15(18)22)16-19-2-3-23-16/h2-5,7H,6H2,1H3,(H2,17,21)(H2,18,22). The zero-order chi connectivity index (χ0) is 17.3. The third-order valence-corrected chi connectivity index (χ3v) is 4.42. The molecule has 8 heteroatoms. The molecule has 0 fully saturated rings. The molecule has 0 radical (unpaired) electrons. The van der Waals surface area contributed by atoms with Crippen LogP contribution in [0.5, 0.6) is 0 Å². The van der Waals surface area contributed by atoms with Gasteiger partial charge in [0.25, 0.3) is 0 Å². The lowest BCUT2D eigenvalue weighted by Gasteiger charge is -2.12. The molecule has 0 aliphatic carbocycles. The van der Waals surface area contributed by atoms with Gasteiger partial charge in [-0.2, -0.15) is 0 Å². The molecule has 4 N–H and O–H groups in total. The number of oxazole rings is 1. The van der Waals surface area contributed by atoms with Crippen molar-refractivity contribution in [3.05, 3.63) is 57.4 Å². The third kappa shape index (κ3) is 3.04. The van der Waals surface area contributed by atoms with Crippen molar-refractivity contribution in [2.75, 3.05) is 0 Å². The summed E-state index contributed by atoms with van der Waals surface area (Å²) < 4.78 is 5.22. The fourth-order valence-corrected chi connectivity index (χ4v) is 3.21. The molecular weight excluding hydrogens is 328 g/mol. The first kappa shape index (κ1) is 15.9. The number of amides is 2. The monoisotopic (exact) mass is 342 g/mol. The van der Waals surface area contributed by atoms with Crippen molar-refractivity contribution in [3.8, 4) is 11.5 Å². The summed E-state index contributed by atoms with van der Waals surface area (Å²) in [5.74, 6) is -1.04. The van der Waals surface area contributed by atoms with Crippen LogP contribution in [0.25, 0.3) is 11.5 Å². The van der Waals surface area contributed by atoms with Gasteiger partial charge in [-0.3, -0.25) is 9.59 Å². The summed E-state index contributed by atoms with van der Waals surface area (Å²) in [6, 6.07) is 3.10. The Morgan fingerprint density at radius 1 is 1.21 bits per heavy atom. The first-order chi connectivity index (χ1) is 11.5. The lowest BCUT2D eigenvalue weighted by molar-refractivity contribution is 0.0999. The van der Waals surface area contributed by atoms with E-state index < -0.39 is 11.8 Å². The van der Waals surface area contributed by atoms with Gasteiger partial charge in [-0.25, -0.2) is 9.97 Å². The van der Waals surface area contributed by atoms with Crippen LogP contribution in [0.1, 0.15) is 37.0 Å². The fraction of sp³-hybridized carbons (Fsp3) is 0.125. The average Bonchev–Trinajstić information content (AvgIpc) is 3.18. The minimum atomic E-state index is -0.658. The van der Waals surface area contributed by atoms with Gasteiger partial charge in [0.05, 0.1) is 11.2 Å². The molecule has 2 heterocycles. The van der Waals surface area contributed by atoms with E-state index in [-0.39, 0.29) is 17.0 Å². The van der Waals surface area contributed by atoms with Crippen molar-refractivity contribution in [1.82, 2.24) is 9.97 Å². The third-order valence-electron chi connectivity index (χ3n) is 3.45. The predicted octanol–water partition coefficient (Wildman–Crippen LogP) is 1.90. The van der Waals surface area contributed by atoms with Crippen LogP contribution in [-0.4, -0.2) is 21.8 Å². The van der Waals surface area contributed by atoms with E-state index in [0.717, 1.165) is 10.7 Å². The highest BCUT2D eigenvalue weighted by atomic mass is 32.1. The van der Waals surface area contributed by atoms with Gasteiger partial charge in [-0.15, -0.1) is 11.3 Å². The Hall–Kier alpha value is -3.00. The van der Waals surface area contributed by atoms with Crippen molar-refractivity contribution in [2.45, 2.75) is 13.3 Å². The number of carbonyl (C=O) groups is 2. The van der Waals surface area contributed by atoms with Gasteiger partial charge in [-0.05, 0) is 24.6 Å². The van der Waals surface area contributed by atoms with Crippen LogP contribution < -0.4 is 11.5 Å². The van der Waals surface area contributed by atoms with Gasteiger partial charge in [0, 0.05) is 34.2 Å². The summed E-state index contributed by atoms with van der Waals surface area (Å²) >= 11 is 1.44. The Kier molecular flexibility index (Phi) is 4.13. The van der Waals surface area contributed by atoms with Gasteiger partial charge in [0.15, 0.2) is 0 Å². The summed E-state index contributed by atoms with van der Waals surface area (Å²) in [7, 11) is 0. The Morgan fingerprint density at radius 2 is 1.88 bits per heavy atom. The Balaban J connectivity index is 2.18. The number of aryl methyl sites for hydroxylation is 1. The molecule has 0 atom stereocenters. The second-order valence-corrected chi connectivity index (χ2v) is 6.12. The van der Waals surface area contributed by atoms with Crippen LogP contribution in [-0.2, 0) is 6.42 Å². The number of primary amides is 2. The Morgan fingerprint density at radius 3 is 2.33 bits per heavy atom. The molecule has 0 bridgehead atoms. The average molecular weight is 342 g/mol. The van der Waals surface area contributed by atoms with Crippen molar-refractivity contribution in [3.63, 3.8) is 0 Å². The number of rotatable bonds is 5. The van der Waals surface area contributed by atoms with Crippen LogP contribution >= 0.6 is 11.3 Å². The Bertz CT molecular complexity index is 880. The fourth-order valence-electron chi connectivity index (χ4n) is 2.43. The second kappa shape index (κ2) is 6.25. The SMILES string of the molecule is Cc1csc(Cc2c(C(N)=O)cc(-c3ncco3)cc2C(N)=O)n1. The van der Waals surface area contributed by atoms with E-state index in [1.807, 2.05) is 12.3 Å². The summed E-state index contributed by atoms with van der Waals surface area (Å²) in [5, 5.41) is 2.66. The molecule has 0 saturated heterocycles. The highest BCUT2D eigenvalue weighted by molar-refractivity contribution is 7.09. The zero-order valence-corrected chi connectivity index (χ0v) is 13.6. The number of benzene rings is 1. The molecule has 0 unspecified atom stereocenters. The molecule has 2 amide bonds. The van der Waals surface area contributed by atoms with Crippen molar-refractivity contribution in [2.24, 2.45) is 11.5 Å². The first-order valence-corrected chi connectivity index (χ1v) is 7.91. The molecule has 3 rings (SSSR count). The van der Waals surface area contributed by atoms with Gasteiger partial charge in [0.2, 0.25) is 17.7 Å². The maximum absolute atomic E-state index is 11.9. The minimum Gasteiger partial charge on any atom is -0.445 e. The number of nitrogens with zero attached hydrogens (tertiary/aromatic N) is 2. The number of thiazole rings is 1. The predicted molar refractivity (Wildman–Crippen MR) is 88.6 cm³/mol. The van der Waals surface area contributed by atoms with Crippen molar-refractivity contribution < 1.29 is 14.0 Å². The molecule has 2 aromatic heterocycles. The van der Waals surface area contributed by atoms with Crippen LogP contribution in [0, 0.1) is 6.92 Å². The largest absolute Gasteiger partial charge is 0.445 e. The lowest BCUT2D eigenvalue weighted by atomic mass is 9.94. The number of hydrogen-bond acceptors (Lipinski definition) is 6. The minimum absolute atomic E-state index is 0.201. The molecule has 0 spiro atoms. The quantitative estimate of drug-likeness (QED) is 0.732. The molecule has 3 aromatic rings. The summed E-state index contributed by atoms with van der Waals surface area (Å²) in [5.41, 5.74) is 13.2. The van der Waals surface area contributed by atoms with Gasteiger partial charge in [0.1, 0.15) is 6.26 Å². The van der Waals surface area contributed by atoms with Gasteiger partial charge in [-0.1, -0.05) is 0 Å². The molecule has 0 aliphatic heterocycles. The molecule has 0 saturated carbocycles. The van der Waals surface area contributed by atoms with Crippen molar-refractivity contribution in [1.29, 1.82) is 0 Å². The molecule has 0 aliphatic rings. The van der Waals surface area contributed by atoms with E-state index in [1.165, 1.54) is 23.8 Å². The topological polar surface area (TPSA) is 125 Å². The first-order valence-electron chi connectivity index (χ1n) is 7.03. The number of aromatic nitrogens is 2. The summed E-state index contributed by atoms with van der Waals surface area (Å²) in [6.45, 7) is 1.87. The van der Waals surface area contributed by atoms with Crippen LogP contribution in [0.2, 0.25) is 0 Å². The highest BCUT2D eigenvalue weighted by Gasteiger charge is 2.21. The number of nitrogens with two attached hydrogens (primary N) is 2. The molecule has 122 valence electrons. The summed E-state index contributed by atoms with van der Waals surface area (Å²) in [6.07, 6.45) is 3.16. The van der Waals surface area contributed by atoms with E-state index >= 15 is 0 Å². The van der Waals surface area contributed by atoms with Crippen LogP contribution in [0.3, 0.4) is 0 Å². The Labute approximate surface area is 141 Å². The van der Waals surface area contributed by atoms with Gasteiger partial charge >= 0.3 is 0 Å². The van der Waals surface area contributed by atoms with Crippen LogP contribution in [0.15, 0.2) is 34.4 Å². The number of carbonyl (C=O) groups excluding carboxylic acids is 2. The van der Waals surface area contributed by atoms with E-state index in [0.29, 0.717) is 17.5 Å². The maximum Gasteiger partial charge on any atom is 0.249 e. The van der Waals surface area contributed by atoms with Crippen molar-refractivity contribution >= 4 is 23.2 Å². The normalized spacial score (nSPS) is 10.7. The van der Waals surface area contributed by atoms with E-state index in [2.05, 4.69) is 9.97 Å². The van der Waals surface area contributed by atoms with E-state index in [4.69, 9.17) is 15.9 Å². The smallest absolute Gasteiger partial charge is 0.249 e. The second-order valence-electron chi connectivity index (χ2n) is 5.18. The highest BCUT2D eigenvalue weighted by Crippen LogP contribution is 2.27. The van der Waals surface area contributed by atoms with E-state index in [9.17, 15) is 9.59 Å². The molecule has 7 nitrogen and oxygen atoms in total. The number of hydrogen-bond donors (Lipinski definition) is 2. The molecule has 1 aromatic carbocycles. The molecule has 24 heavy (non-hydrogen) atoms. The van der Waals surface area contributed by atoms with E-state index in [1.54, 1.807) is 12.1 Å². The zero-order valence-electron chi connectivity index (χ0n) is 12.8.